The number of aromatic nitrogens is 3. The maximum absolute atomic E-state index is 13.8. The molecule has 2 aliphatic rings. The molecule has 2 unspecified atom stereocenters. The van der Waals surface area contributed by atoms with Gasteiger partial charge >= 0.3 is 24.5 Å². The molecule has 1 saturated heterocycles. The summed E-state index contributed by atoms with van der Waals surface area (Å²) in [5.74, 6) is -0.776. The van der Waals surface area contributed by atoms with E-state index in [1.807, 2.05) is 0 Å². The van der Waals surface area contributed by atoms with E-state index in [0.717, 1.165) is 12.4 Å². The summed E-state index contributed by atoms with van der Waals surface area (Å²) >= 11 is 0. The van der Waals surface area contributed by atoms with Gasteiger partial charge in [0, 0.05) is 18.7 Å². The lowest BCUT2D eigenvalue weighted by Gasteiger charge is -2.43. The summed E-state index contributed by atoms with van der Waals surface area (Å²) in [6.45, 7) is 2.38. The second-order valence-electron chi connectivity index (χ2n) is 10.7. The zero-order chi connectivity index (χ0) is 35.0. The third kappa shape index (κ3) is 6.77. The lowest BCUT2D eigenvalue weighted by molar-refractivity contribution is -0.143. The minimum atomic E-state index is -5.10. The average molecular weight is 683 g/mol. The predicted molar refractivity (Wildman–Crippen MR) is 155 cm³/mol. The number of hydrogen-bond donors (Lipinski definition) is 0. The van der Waals surface area contributed by atoms with E-state index >= 15 is 0 Å². The van der Waals surface area contributed by atoms with E-state index in [9.17, 15) is 40.7 Å². The van der Waals surface area contributed by atoms with Gasteiger partial charge in [0.2, 0.25) is 11.8 Å². The molecular weight excluding hydrogens is 654 g/mol. The average Bonchev–Trinajstić information content (AvgIpc) is 3.38. The van der Waals surface area contributed by atoms with Crippen molar-refractivity contribution in [2.24, 2.45) is 0 Å². The van der Waals surface area contributed by atoms with E-state index in [2.05, 4.69) is 15.0 Å². The molecule has 3 aromatic rings. The molecule has 1 fully saturated rings. The van der Waals surface area contributed by atoms with Crippen molar-refractivity contribution in [2.45, 2.75) is 57.7 Å². The third-order valence-electron chi connectivity index (χ3n) is 7.72. The standard InChI is InChI=1S/C30H28F6N6O6/c1-4-19-11-22(25-21(6-7-23(39-25)46-3)41(19)27(44)47-5-2)40(26-37-12-20(13-38-26)42-24(43)15-48-28(42)45)14-16-8-17(29(31,32)33)10-18(9-16)30(34,35)36/h6-10,12-13,19,22H,4-5,11,14-15H2,1-3H3. The van der Waals surface area contributed by atoms with Gasteiger partial charge in [-0.15, -0.1) is 0 Å². The number of benzene rings is 1. The molecule has 12 nitrogen and oxygen atoms in total. The highest BCUT2D eigenvalue weighted by molar-refractivity contribution is 6.16. The first-order valence-corrected chi connectivity index (χ1v) is 14.5. The number of nitrogens with zero attached hydrogens (tertiary/aromatic N) is 6. The summed E-state index contributed by atoms with van der Waals surface area (Å²) in [6.07, 6.45) is -9.23. The molecule has 48 heavy (non-hydrogen) atoms. The highest BCUT2D eigenvalue weighted by Crippen LogP contribution is 2.44. The van der Waals surface area contributed by atoms with E-state index in [-0.39, 0.29) is 53.6 Å². The van der Waals surface area contributed by atoms with Gasteiger partial charge in [0.05, 0.1) is 60.3 Å². The van der Waals surface area contributed by atoms with E-state index < -0.39 is 66.8 Å². The van der Waals surface area contributed by atoms with Crippen LogP contribution in [0.15, 0.2) is 42.7 Å². The van der Waals surface area contributed by atoms with Crippen molar-refractivity contribution in [3.63, 3.8) is 0 Å². The molecule has 2 aromatic heterocycles. The van der Waals surface area contributed by atoms with Crippen molar-refractivity contribution in [1.29, 1.82) is 0 Å². The van der Waals surface area contributed by atoms with Crippen LogP contribution in [0.2, 0.25) is 0 Å². The van der Waals surface area contributed by atoms with Crippen LogP contribution < -0.4 is 19.4 Å². The molecule has 0 bridgehead atoms. The number of methoxy groups -OCH3 is 1. The Hall–Kier alpha value is -5.16. The maximum Gasteiger partial charge on any atom is 0.421 e. The highest BCUT2D eigenvalue weighted by Gasteiger charge is 2.42. The van der Waals surface area contributed by atoms with Gasteiger partial charge in [0.1, 0.15) is 0 Å². The van der Waals surface area contributed by atoms with Gasteiger partial charge in [-0.2, -0.15) is 26.3 Å². The van der Waals surface area contributed by atoms with Crippen LogP contribution >= 0.6 is 0 Å². The van der Waals surface area contributed by atoms with E-state index in [1.165, 1.54) is 23.0 Å². The summed E-state index contributed by atoms with van der Waals surface area (Å²) in [5.41, 5.74) is -3.04. The van der Waals surface area contributed by atoms with Crippen molar-refractivity contribution in [2.75, 3.05) is 35.0 Å². The van der Waals surface area contributed by atoms with Crippen LogP contribution in [0.3, 0.4) is 0 Å². The number of ether oxygens (including phenoxy) is 3. The number of rotatable bonds is 8. The minimum absolute atomic E-state index is 0.0257. The molecular formula is C30H28F6N6O6. The molecule has 5 rings (SSSR count). The van der Waals surface area contributed by atoms with Gasteiger partial charge in [-0.3, -0.25) is 9.69 Å². The quantitative estimate of drug-likeness (QED) is 0.250. The fraction of sp³-hybridized carbons (Fsp3) is 0.400. The first-order chi connectivity index (χ1) is 22.7. The van der Waals surface area contributed by atoms with Gasteiger partial charge in [-0.05, 0) is 49.6 Å². The lowest BCUT2D eigenvalue weighted by atomic mass is 9.92. The number of amides is 3. The van der Waals surface area contributed by atoms with Crippen molar-refractivity contribution >= 4 is 35.4 Å². The first-order valence-electron chi connectivity index (χ1n) is 14.5. The van der Waals surface area contributed by atoms with Crippen molar-refractivity contribution in [3.05, 3.63) is 65.1 Å². The number of cyclic esters (lactones) is 1. The van der Waals surface area contributed by atoms with E-state index in [0.29, 0.717) is 23.5 Å². The predicted octanol–water partition coefficient (Wildman–Crippen LogP) is 6.29. The molecule has 0 spiro atoms. The number of fused-ring (bicyclic) bond motifs is 1. The van der Waals surface area contributed by atoms with E-state index in [1.54, 1.807) is 19.9 Å². The first kappa shape index (κ1) is 34.2. The Morgan fingerprint density at radius 3 is 2.19 bits per heavy atom. The lowest BCUT2D eigenvalue weighted by Crippen LogP contribution is -2.48. The second-order valence-corrected chi connectivity index (χ2v) is 10.7. The van der Waals surface area contributed by atoms with Crippen LogP contribution in [0.5, 0.6) is 5.88 Å². The highest BCUT2D eigenvalue weighted by atomic mass is 19.4. The van der Waals surface area contributed by atoms with Crippen molar-refractivity contribution in [3.8, 4) is 5.88 Å². The monoisotopic (exact) mass is 682 g/mol. The Labute approximate surface area is 269 Å². The van der Waals surface area contributed by atoms with Crippen LogP contribution in [0.1, 0.15) is 55.1 Å². The fourth-order valence-corrected chi connectivity index (χ4v) is 5.56. The number of pyridine rings is 1. The molecule has 0 N–H and O–H groups in total. The normalized spacial score (nSPS) is 18.0. The van der Waals surface area contributed by atoms with Gasteiger partial charge in [0.15, 0.2) is 6.61 Å². The molecule has 0 radical (unpaired) electrons. The maximum atomic E-state index is 13.8. The molecule has 2 atom stereocenters. The molecule has 0 aliphatic carbocycles. The molecule has 4 heterocycles. The van der Waals surface area contributed by atoms with Gasteiger partial charge < -0.3 is 19.1 Å². The van der Waals surface area contributed by atoms with Gasteiger partial charge in [-0.25, -0.2) is 29.4 Å². The molecule has 3 amide bonds. The van der Waals surface area contributed by atoms with Crippen LogP contribution in [-0.2, 0) is 33.2 Å². The Balaban J connectivity index is 1.68. The number of halogens is 6. The smallest absolute Gasteiger partial charge is 0.421 e. The third-order valence-corrected chi connectivity index (χ3v) is 7.72. The van der Waals surface area contributed by atoms with Crippen LogP contribution in [0, 0.1) is 0 Å². The fourth-order valence-electron chi connectivity index (χ4n) is 5.56. The van der Waals surface area contributed by atoms with Gasteiger partial charge in [-0.1, -0.05) is 6.92 Å². The Morgan fingerprint density at radius 1 is 1.02 bits per heavy atom. The van der Waals surface area contributed by atoms with Crippen LogP contribution in [-0.4, -0.2) is 59.4 Å². The molecule has 1 aromatic carbocycles. The zero-order valence-electron chi connectivity index (χ0n) is 25.6. The summed E-state index contributed by atoms with van der Waals surface area (Å²) in [6, 6.07) is 2.75. The van der Waals surface area contributed by atoms with Crippen LogP contribution in [0.25, 0.3) is 0 Å². The summed E-state index contributed by atoms with van der Waals surface area (Å²) in [4.78, 5) is 53.9. The Kier molecular flexibility index (Phi) is 9.37. The van der Waals surface area contributed by atoms with Gasteiger partial charge in [0.25, 0.3) is 5.91 Å². The number of carbonyl (C=O) groups excluding carboxylic acids is 3. The Morgan fingerprint density at radius 2 is 1.67 bits per heavy atom. The largest absolute Gasteiger partial charge is 0.481 e. The number of carbonyl (C=O) groups is 3. The topological polar surface area (TPSA) is 127 Å². The minimum Gasteiger partial charge on any atom is -0.481 e. The molecule has 2 aliphatic heterocycles. The molecule has 18 heteroatoms. The summed E-state index contributed by atoms with van der Waals surface area (Å²) in [7, 11) is 1.34. The number of anilines is 3. The van der Waals surface area contributed by atoms with Crippen molar-refractivity contribution < 1.29 is 54.9 Å². The van der Waals surface area contributed by atoms with Crippen molar-refractivity contribution in [1.82, 2.24) is 15.0 Å². The second kappa shape index (κ2) is 13.2. The van der Waals surface area contributed by atoms with E-state index in [4.69, 9.17) is 14.2 Å². The van der Waals surface area contributed by atoms with Crippen LogP contribution in [0.4, 0.5) is 53.3 Å². The molecule has 256 valence electrons. The Bertz CT molecular complexity index is 1650. The summed E-state index contributed by atoms with van der Waals surface area (Å²) < 4.78 is 98.2. The summed E-state index contributed by atoms with van der Waals surface area (Å²) in [5, 5.41) is 0. The number of alkyl halides is 6. The molecule has 0 saturated carbocycles. The SMILES string of the molecule is CCOC(=O)N1c2ccc(OC)nc2C(N(Cc2cc(C(F)(F)F)cc(C(F)(F)F)c2)c2ncc(N3C(=O)COC3=O)cn2)CC1CC. The number of imide groups is 1. The zero-order valence-corrected chi connectivity index (χ0v) is 25.6. The number of hydrogen-bond acceptors (Lipinski definition) is 10.